The van der Waals surface area contributed by atoms with Crippen molar-refractivity contribution in [2.24, 2.45) is 0 Å². The lowest BCUT2D eigenvalue weighted by molar-refractivity contribution is -0.117. The van der Waals surface area contributed by atoms with Gasteiger partial charge in [0, 0.05) is 10.2 Å². The molecule has 0 aliphatic rings. The Balaban J connectivity index is 2.42. The number of sulfonamides is 1. The fourth-order valence-corrected chi connectivity index (χ4v) is 4.28. The van der Waals surface area contributed by atoms with Crippen molar-refractivity contribution < 1.29 is 13.2 Å². The van der Waals surface area contributed by atoms with Gasteiger partial charge in [0.05, 0.1) is 11.9 Å². The van der Waals surface area contributed by atoms with Crippen molar-refractivity contribution >= 4 is 43.2 Å². The highest BCUT2D eigenvalue weighted by Gasteiger charge is 2.32. The number of hydrogen-bond acceptors (Lipinski definition) is 3. The van der Waals surface area contributed by atoms with E-state index >= 15 is 0 Å². The van der Waals surface area contributed by atoms with E-state index in [2.05, 4.69) is 21.2 Å². The van der Waals surface area contributed by atoms with Gasteiger partial charge in [-0.2, -0.15) is 0 Å². The van der Waals surface area contributed by atoms with Crippen LogP contribution in [0.25, 0.3) is 0 Å². The van der Waals surface area contributed by atoms with Crippen LogP contribution in [0.2, 0.25) is 0 Å². The predicted molar refractivity (Wildman–Crippen MR) is 110 cm³/mol. The molecule has 2 aromatic rings. The van der Waals surface area contributed by atoms with E-state index in [4.69, 9.17) is 0 Å². The molecule has 7 heteroatoms. The van der Waals surface area contributed by atoms with E-state index < -0.39 is 16.1 Å². The van der Waals surface area contributed by atoms with Crippen molar-refractivity contribution in [1.82, 2.24) is 0 Å². The van der Waals surface area contributed by atoms with Crippen molar-refractivity contribution in [3.8, 4) is 0 Å². The Morgan fingerprint density at radius 3 is 2.31 bits per heavy atom. The average Bonchev–Trinajstić information content (AvgIpc) is 2.56. The summed E-state index contributed by atoms with van der Waals surface area (Å²) in [6, 6.07) is 11.9. The molecule has 0 radical (unpaired) electrons. The lowest BCUT2D eigenvalue weighted by atomic mass is 10.1. The van der Waals surface area contributed by atoms with E-state index in [1.54, 1.807) is 25.1 Å². The lowest BCUT2D eigenvalue weighted by Gasteiger charge is -2.31. The first kappa shape index (κ1) is 20.5. The number of amides is 1. The fraction of sp³-hybridized carbons (Fsp3) is 0.316. The summed E-state index contributed by atoms with van der Waals surface area (Å²) in [5.74, 6) is -0.360. The number of halogens is 1. The summed E-state index contributed by atoms with van der Waals surface area (Å²) in [5.41, 5.74) is 2.88. The summed E-state index contributed by atoms with van der Waals surface area (Å²) < 4.78 is 27.2. The Labute approximate surface area is 163 Å². The van der Waals surface area contributed by atoms with Gasteiger partial charge >= 0.3 is 0 Å². The van der Waals surface area contributed by atoms with E-state index in [9.17, 15) is 13.2 Å². The first-order valence-corrected chi connectivity index (χ1v) is 10.9. The summed E-state index contributed by atoms with van der Waals surface area (Å²) in [6.45, 7) is 5.54. The zero-order chi connectivity index (χ0) is 19.5. The number of carbonyl (C=O) groups excluding carboxylic acids is 1. The molecule has 0 saturated heterocycles. The Morgan fingerprint density at radius 2 is 1.77 bits per heavy atom. The molecule has 0 heterocycles. The predicted octanol–water partition coefficient (Wildman–Crippen LogP) is 4.25. The van der Waals surface area contributed by atoms with E-state index in [1.807, 2.05) is 38.1 Å². The minimum absolute atomic E-state index is 0.350. The molecule has 2 rings (SSSR count). The first-order valence-electron chi connectivity index (χ1n) is 8.26. The van der Waals surface area contributed by atoms with Crippen molar-refractivity contribution in [1.29, 1.82) is 0 Å². The highest BCUT2D eigenvalue weighted by Crippen LogP contribution is 2.28. The topological polar surface area (TPSA) is 66.5 Å². The molecule has 0 saturated carbocycles. The van der Waals surface area contributed by atoms with Crippen LogP contribution in [-0.4, -0.2) is 26.6 Å². The zero-order valence-corrected chi connectivity index (χ0v) is 17.7. The molecule has 1 N–H and O–H groups in total. The largest absolute Gasteiger partial charge is 0.324 e. The maximum atomic E-state index is 12.9. The second-order valence-electron chi connectivity index (χ2n) is 6.27. The van der Waals surface area contributed by atoms with Crippen LogP contribution in [0.5, 0.6) is 0 Å². The SMILES string of the molecule is CC[C@H](C(=O)Nc1ccc(Br)cc1)N(c1cc(C)ccc1C)S(C)(=O)=O. The maximum Gasteiger partial charge on any atom is 0.248 e. The van der Waals surface area contributed by atoms with Gasteiger partial charge in [-0.05, 0) is 61.7 Å². The molecule has 0 spiro atoms. The number of nitrogens with zero attached hydrogens (tertiary/aromatic N) is 1. The molecule has 0 unspecified atom stereocenters. The standard InChI is InChI=1S/C19H23BrN2O3S/c1-5-17(19(23)21-16-10-8-15(20)9-11-16)22(26(4,24)25)18-12-13(2)6-7-14(18)3/h6-12,17H,5H2,1-4H3,(H,21,23)/t17-/m1/s1. The number of aryl methyl sites for hydroxylation is 2. The number of hydrogen-bond donors (Lipinski definition) is 1. The molecule has 0 aliphatic heterocycles. The van der Waals surface area contributed by atoms with Crippen LogP contribution >= 0.6 is 15.9 Å². The summed E-state index contributed by atoms with van der Waals surface area (Å²) in [4.78, 5) is 12.9. The molecule has 2 aromatic carbocycles. The monoisotopic (exact) mass is 438 g/mol. The highest BCUT2D eigenvalue weighted by atomic mass is 79.9. The minimum atomic E-state index is -3.65. The first-order chi connectivity index (χ1) is 12.1. The van der Waals surface area contributed by atoms with Crippen molar-refractivity contribution in [3.63, 3.8) is 0 Å². The Kier molecular flexibility index (Phi) is 6.47. The molecule has 5 nitrogen and oxygen atoms in total. The third kappa shape index (κ3) is 4.86. The average molecular weight is 439 g/mol. The van der Waals surface area contributed by atoms with Gasteiger partial charge < -0.3 is 5.32 Å². The molecule has 1 amide bonds. The maximum absolute atomic E-state index is 12.9. The molecule has 0 aliphatic carbocycles. The minimum Gasteiger partial charge on any atom is -0.324 e. The van der Waals surface area contributed by atoms with Crippen molar-refractivity contribution in [2.75, 3.05) is 15.9 Å². The van der Waals surface area contributed by atoms with Gasteiger partial charge in [0.25, 0.3) is 0 Å². The Morgan fingerprint density at radius 1 is 1.15 bits per heavy atom. The zero-order valence-electron chi connectivity index (χ0n) is 15.3. The van der Waals surface area contributed by atoms with Gasteiger partial charge in [0.1, 0.15) is 6.04 Å². The Hall–Kier alpha value is -1.86. The van der Waals surface area contributed by atoms with Crippen LogP contribution in [0.4, 0.5) is 11.4 Å². The van der Waals surface area contributed by atoms with E-state index in [1.165, 1.54) is 4.31 Å². The van der Waals surface area contributed by atoms with E-state index in [-0.39, 0.29) is 5.91 Å². The quantitative estimate of drug-likeness (QED) is 0.732. The molecule has 140 valence electrons. The molecule has 0 fully saturated rings. The van der Waals surface area contributed by atoms with Crippen LogP contribution in [0, 0.1) is 13.8 Å². The van der Waals surface area contributed by atoms with Gasteiger partial charge in [-0.25, -0.2) is 8.42 Å². The van der Waals surface area contributed by atoms with Crippen LogP contribution in [0.1, 0.15) is 24.5 Å². The molecule has 0 aromatic heterocycles. The second-order valence-corrected chi connectivity index (χ2v) is 9.04. The molecule has 26 heavy (non-hydrogen) atoms. The summed E-state index contributed by atoms with van der Waals surface area (Å²) in [5, 5.41) is 2.81. The second kappa shape index (κ2) is 8.22. The smallest absolute Gasteiger partial charge is 0.248 e. The number of rotatable bonds is 6. The number of benzene rings is 2. The van der Waals surface area contributed by atoms with Crippen LogP contribution < -0.4 is 9.62 Å². The van der Waals surface area contributed by atoms with Gasteiger partial charge in [0.15, 0.2) is 0 Å². The number of carbonyl (C=O) groups is 1. The van der Waals surface area contributed by atoms with E-state index in [0.717, 1.165) is 21.9 Å². The van der Waals surface area contributed by atoms with Gasteiger partial charge in [-0.3, -0.25) is 9.10 Å². The fourth-order valence-electron chi connectivity index (χ4n) is 2.75. The summed E-state index contributed by atoms with van der Waals surface area (Å²) >= 11 is 3.35. The van der Waals surface area contributed by atoms with Crippen LogP contribution in [-0.2, 0) is 14.8 Å². The molecule has 0 bridgehead atoms. The molecular formula is C19H23BrN2O3S. The number of nitrogens with one attached hydrogen (secondary N) is 1. The summed E-state index contributed by atoms with van der Waals surface area (Å²) in [7, 11) is -3.65. The van der Waals surface area contributed by atoms with Crippen LogP contribution in [0.3, 0.4) is 0 Å². The van der Waals surface area contributed by atoms with Gasteiger partial charge in [0.2, 0.25) is 15.9 Å². The Bertz CT molecular complexity index is 896. The molecule has 1 atom stereocenters. The third-order valence-corrected chi connectivity index (χ3v) is 5.74. The normalized spacial score (nSPS) is 12.5. The third-order valence-electron chi connectivity index (χ3n) is 4.04. The van der Waals surface area contributed by atoms with Crippen LogP contribution in [0.15, 0.2) is 46.9 Å². The van der Waals surface area contributed by atoms with Crippen molar-refractivity contribution in [2.45, 2.75) is 33.2 Å². The summed E-state index contributed by atoms with van der Waals surface area (Å²) in [6.07, 6.45) is 1.48. The van der Waals surface area contributed by atoms with E-state index in [0.29, 0.717) is 17.8 Å². The molecular weight excluding hydrogens is 416 g/mol. The van der Waals surface area contributed by atoms with Gasteiger partial charge in [-0.1, -0.05) is 35.0 Å². The highest BCUT2D eigenvalue weighted by molar-refractivity contribution is 9.10. The number of anilines is 2. The van der Waals surface area contributed by atoms with Crippen molar-refractivity contribution in [3.05, 3.63) is 58.1 Å². The lowest BCUT2D eigenvalue weighted by Crippen LogP contribution is -2.47. The van der Waals surface area contributed by atoms with Gasteiger partial charge in [-0.15, -0.1) is 0 Å².